The van der Waals surface area contributed by atoms with Gasteiger partial charge in [-0.15, -0.1) is 0 Å². The number of carbonyl (C=O) groups is 2. The quantitative estimate of drug-likeness (QED) is 0.250. The summed E-state index contributed by atoms with van der Waals surface area (Å²) in [5.41, 5.74) is 0.804. The van der Waals surface area contributed by atoms with Crippen LogP contribution in [0.5, 0.6) is 0 Å². The molecule has 1 aliphatic carbocycles. The molecule has 0 saturated heterocycles. The average Bonchev–Trinajstić information content (AvgIpc) is 2.94. The Bertz CT molecular complexity index is 495. The third kappa shape index (κ3) is 8.34. The summed E-state index contributed by atoms with van der Waals surface area (Å²) in [6, 6.07) is 0. The fourth-order valence-corrected chi connectivity index (χ4v) is 2.34. The van der Waals surface area contributed by atoms with Crippen molar-refractivity contribution in [3.8, 4) is 0 Å². The van der Waals surface area contributed by atoms with Gasteiger partial charge in [0.15, 0.2) is 5.78 Å². The molecule has 3 heteroatoms. The summed E-state index contributed by atoms with van der Waals surface area (Å²) in [7, 11) is 0. The van der Waals surface area contributed by atoms with Crippen molar-refractivity contribution in [2.75, 3.05) is 0 Å². The maximum absolute atomic E-state index is 11.9. The molecule has 126 valence electrons. The van der Waals surface area contributed by atoms with Crippen LogP contribution in [-0.4, -0.2) is 17.9 Å². The highest BCUT2D eigenvalue weighted by molar-refractivity contribution is 6.06. The Morgan fingerprint density at radius 2 is 2.13 bits per heavy atom. The molecule has 0 fully saturated rings. The van der Waals surface area contributed by atoms with E-state index in [9.17, 15) is 9.59 Å². The zero-order valence-corrected chi connectivity index (χ0v) is 14.3. The molecule has 0 spiro atoms. The van der Waals surface area contributed by atoms with E-state index in [0.29, 0.717) is 25.7 Å². The molecule has 0 aliphatic heterocycles. The number of hydrogen-bond acceptors (Lipinski definition) is 3. The molecule has 0 radical (unpaired) electrons. The number of ketones is 1. The van der Waals surface area contributed by atoms with Crippen molar-refractivity contribution in [1.82, 2.24) is 0 Å². The second kappa shape index (κ2) is 11.6. The minimum Gasteiger partial charge on any atom is -0.462 e. The van der Waals surface area contributed by atoms with Gasteiger partial charge in [-0.3, -0.25) is 9.59 Å². The summed E-state index contributed by atoms with van der Waals surface area (Å²) in [5, 5.41) is 0. The van der Waals surface area contributed by atoms with Crippen molar-refractivity contribution in [1.29, 1.82) is 0 Å². The summed E-state index contributed by atoms with van der Waals surface area (Å²) in [6.45, 7) is 4.05. The number of esters is 1. The molecule has 0 aromatic heterocycles. The van der Waals surface area contributed by atoms with Crippen LogP contribution in [0.3, 0.4) is 0 Å². The van der Waals surface area contributed by atoms with E-state index in [1.165, 1.54) is 0 Å². The summed E-state index contributed by atoms with van der Waals surface area (Å²) in [4.78, 5) is 23.5. The SMILES string of the molecule is C/C=C\CCCC(=O)OC(C/C=C\CC)C/C=C1\CC=CC1=O. The second-order valence-corrected chi connectivity index (χ2v) is 5.62. The van der Waals surface area contributed by atoms with Gasteiger partial charge in [-0.1, -0.05) is 43.4 Å². The standard InChI is InChI=1S/C20H28O3/c1-3-5-7-9-14-20(22)23-18(12-8-6-4-2)16-15-17-11-10-13-19(17)21/h3,5-6,8,10,13,15,18H,4,7,9,11-12,14,16H2,1-2H3/b5-3-,8-6-,17-15+. The van der Waals surface area contributed by atoms with Crippen molar-refractivity contribution < 1.29 is 14.3 Å². The zero-order valence-electron chi connectivity index (χ0n) is 14.3. The van der Waals surface area contributed by atoms with Gasteiger partial charge in [0.2, 0.25) is 0 Å². The number of rotatable bonds is 10. The van der Waals surface area contributed by atoms with E-state index in [4.69, 9.17) is 4.74 Å². The van der Waals surface area contributed by atoms with Gasteiger partial charge in [0.1, 0.15) is 6.10 Å². The zero-order chi connectivity index (χ0) is 16.9. The molecule has 0 N–H and O–H groups in total. The van der Waals surface area contributed by atoms with Gasteiger partial charge in [-0.05, 0) is 44.3 Å². The number of allylic oxidation sites excluding steroid dienone is 6. The van der Waals surface area contributed by atoms with Crippen molar-refractivity contribution >= 4 is 11.8 Å². The maximum Gasteiger partial charge on any atom is 0.306 e. The molecule has 0 heterocycles. The van der Waals surface area contributed by atoms with Crippen molar-refractivity contribution in [2.45, 2.75) is 64.9 Å². The third-order valence-electron chi connectivity index (χ3n) is 3.64. The molecule has 0 bridgehead atoms. The smallest absolute Gasteiger partial charge is 0.306 e. The monoisotopic (exact) mass is 316 g/mol. The summed E-state index contributed by atoms with van der Waals surface area (Å²) < 4.78 is 5.58. The molecule has 23 heavy (non-hydrogen) atoms. The number of unbranched alkanes of at least 4 members (excludes halogenated alkanes) is 1. The molecule has 1 rings (SSSR count). The average molecular weight is 316 g/mol. The largest absolute Gasteiger partial charge is 0.462 e. The van der Waals surface area contributed by atoms with Crippen LogP contribution in [0, 0.1) is 0 Å². The van der Waals surface area contributed by atoms with Gasteiger partial charge >= 0.3 is 5.97 Å². The molecule has 0 amide bonds. The van der Waals surface area contributed by atoms with E-state index in [-0.39, 0.29) is 17.9 Å². The van der Waals surface area contributed by atoms with Gasteiger partial charge in [0.25, 0.3) is 0 Å². The fourth-order valence-electron chi connectivity index (χ4n) is 2.34. The van der Waals surface area contributed by atoms with E-state index < -0.39 is 0 Å². The van der Waals surface area contributed by atoms with Crippen LogP contribution in [0.1, 0.15) is 58.8 Å². The van der Waals surface area contributed by atoms with Crippen molar-refractivity contribution in [2.24, 2.45) is 0 Å². The van der Waals surface area contributed by atoms with Gasteiger partial charge in [-0.25, -0.2) is 0 Å². The van der Waals surface area contributed by atoms with Crippen LogP contribution >= 0.6 is 0 Å². The molecule has 0 aromatic carbocycles. The normalized spacial score (nSPS) is 17.7. The van der Waals surface area contributed by atoms with Crippen LogP contribution in [0.15, 0.2) is 48.1 Å². The Morgan fingerprint density at radius 1 is 1.30 bits per heavy atom. The predicted molar refractivity (Wildman–Crippen MR) is 94.1 cm³/mol. The van der Waals surface area contributed by atoms with Gasteiger partial charge in [-0.2, -0.15) is 0 Å². The molecule has 0 aromatic rings. The molecule has 0 saturated carbocycles. The van der Waals surface area contributed by atoms with Crippen LogP contribution in [0.4, 0.5) is 0 Å². The molecular weight excluding hydrogens is 288 g/mol. The summed E-state index contributed by atoms with van der Waals surface area (Å²) in [6.07, 6.45) is 18.5. The lowest BCUT2D eigenvalue weighted by atomic mass is 10.1. The van der Waals surface area contributed by atoms with Crippen molar-refractivity contribution in [3.63, 3.8) is 0 Å². The van der Waals surface area contributed by atoms with Crippen LogP contribution in [-0.2, 0) is 14.3 Å². The molecule has 1 unspecified atom stereocenters. The summed E-state index contributed by atoms with van der Waals surface area (Å²) in [5.74, 6) is -0.0794. The minimum absolute atomic E-state index is 0.0746. The topological polar surface area (TPSA) is 43.4 Å². The van der Waals surface area contributed by atoms with E-state index in [1.54, 1.807) is 6.08 Å². The Hall–Kier alpha value is -1.90. The Morgan fingerprint density at radius 3 is 2.78 bits per heavy atom. The lowest BCUT2D eigenvalue weighted by Crippen LogP contribution is -2.17. The van der Waals surface area contributed by atoms with E-state index in [0.717, 1.165) is 24.8 Å². The predicted octanol–water partition coefficient (Wildman–Crippen LogP) is 4.85. The van der Waals surface area contributed by atoms with Gasteiger partial charge in [0.05, 0.1) is 0 Å². The van der Waals surface area contributed by atoms with Crippen LogP contribution in [0.2, 0.25) is 0 Å². The highest BCUT2D eigenvalue weighted by atomic mass is 16.5. The molecular formula is C20H28O3. The highest BCUT2D eigenvalue weighted by Gasteiger charge is 2.15. The highest BCUT2D eigenvalue weighted by Crippen LogP contribution is 2.17. The first-order valence-corrected chi connectivity index (χ1v) is 8.52. The number of hydrogen-bond donors (Lipinski definition) is 0. The molecule has 1 aliphatic rings. The maximum atomic E-state index is 11.9. The number of ether oxygens (including phenoxy) is 1. The first-order chi connectivity index (χ1) is 11.2. The van der Waals surface area contributed by atoms with Gasteiger partial charge < -0.3 is 4.74 Å². The lowest BCUT2D eigenvalue weighted by Gasteiger charge is -2.15. The Kier molecular flexibility index (Phi) is 9.69. The van der Waals surface area contributed by atoms with Crippen LogP contribution in [0.25, 0.3) is 0 Å². The van der Waals surface area contributed by atoms with E-state index in [1.807, 2.05) is 31.2 Å². The fraction of sp³-hybridized carbons (Fsp3) is 0.500. The lowest BCUT2D eigenvalue weighted by molar-refractivity contribution is -0.148. The van der Waals surface area contributed by atoms with Crippen molar-refractivity contribution in [3.05, 3.63) is 48.1 Å². The first-order valence-electron chi connectivity index (χ1n) is 8.52. The van der Waals surface area contributed by atoms with E-state index >= 15 is 0 Å². The Balaban J connectivity index is 2.49. The summed E-state index contributed by atoms with van der Waals surface area (Å²) >= 11 is 0. The first kappa shape index (κ1) is 19.1. The number of carbonyl (C=O) groups excluding carboxylic acids is 2. The Labute approximate surface area is 139 Å². The molecule has 1 atom stereocenters. The minimum atomic E-state index is -0.187. The van der Waals surface area contributed by atoms with E-state index in [2.05, 4.69) is 19.1 Å². The third-order valence-corrected chi connectivity index (χ3v) is 3.64. The second-order valence-electron chi connectivity index (χ2n) is 5.62. The van der Waals surface area contributed by atoms with Crippen LogP contribution < -0.4 is 0 Å². The molecule has 3 nitrogen and oxygen atoms in total. The van der Waals surface area contributed by atoms with Gasteiger partial charge in [0, 0.05) is 19.3 Å².